The largest absolute Gasteiger partial charge is 0.349 e. The van der Waals surface area contributed by atoms with Crippen molar-refractivity contribution in [3.8, 4) is 0 Å². The lowest BCUT2D eigenvalue weighted by atomic mass is 10.2. The summed E-state index contributed by atoms with van der Waals surface area (Å²) in [5, 5.41) is 8.58. The summed E-state index contributed by atoms with van der Waals surface area (Å²) >= 11 is 0. The van der Waals surface area contributed by atoms with Crippen LogP contribution < -0.4 is 5.32 Å². The van der Waals surface area contributed by atoms with Gasteiger partial charge in [-0.1, -0.05) is 55.5 Å². The second kappa shape index (κ2) is 9.87. The summed E-state index contributed by atoms with van der Waals surface area (Å²) in [7, 11) is 0. The molecule has 0 atom stereocenters. The lowest BCUT2D eigenvalue weighted by molar-refractivity contribution is 0.0930. The quantitative estimate of drug-likeness (QED) is 0.626. The standard InChI is InChI=1S/C24H31N5O/c1-2-13-29-22-11-7-6-10-21(22)23(26-29)24(30)25-12-14-27-15-17-28(18-16-27)19-20-8-4-3-5-9-20/h3-11H,2,12-19H2,1H3,(H,25,30). The van der Waals surface area contributed by atoms with Gasteiger partial charge in [-0.15, -0.1) is 0 Å². The highest BCUT2D eigenvalue weighted by atomic mass is 16.1. The molecule has 1 fully saturated rings. The molecule has 1 saturated heterocycles. The van der Waals surface area contributed by atoms with Crippen LogP contribution in [-0.4, -0.2) is 64.8 Å². The Morgan fingerprint density at radius 3 is 2.40 bits per heavy atom. The van der Waals surface area contributed by atoms with Crippen LogP contribution in [0.25, 0.3) is 10.9 Å². The molecule has 3 aromatic rings. The number of carbonyl (C=O) groups is 1. The zero-order valence-electron chi connectivity index (χ0n) is 17.8. The van der Waals surface area contributed by atoms with Crippen molar-refractivity contribution in [3.63, 3.8) is 0 Å². The van der Waals surface area contributed by atoms with Gasteiger partial charge in [0.25, 0.3) is 5.91 Å². The van der Waals surface area contributed by atoms with Crippen molar-refractivity contribution in [2.24, 2.45) is 0 Å². The van der Waals surface area contributed by atoms with E-state index in [0.717, 1.165) is 63.1 Å². The van der Waals surface area contributed by atoms with Gasteiger partial charge in [-0.05, 0) is 18.1 Å². The monoisotopic (exact) mass is 405 g/mol. The van der Waals surface area contributed by atoms with Gasteiger partial charge in [0.05, 0.1) is 5.52 Å². The number of hydrogen-bond donors (Lipinski definition) is 1. The molecule has 0 saturated carbocycles. The van der Waals surface area contributed by atoms with E-state index in [0.29, 0.717) is 12.2 Å². The molecule has 0 spiro atoms. The second-order valence-electron chi connectivity index (χ2n) is 7.95. The molecule has 0 unspecified atom stereocenters. The molecule has 2 heterocycles. The fourth-order valence-corrected chi connectivity index (χ4v) is 4.10. The van der Waals surface area contributed by atoms with E-state index < -0.39 is 0 Å². The van der Waals surface area contributed by atoms with E-state index in [9.17, 15) is 4.79 Å². The van der Waals surface area contributed by atoms with Gasteiger partial charge in [0, 0.05) is 57.7 Å². The molecule has 1 aromatic heterocycles. The minimum Gasteiger partial charge on any atom is -0.349 e. The smallest absolute Gasteiger partial charge is 0.272 e. The van der Waals surface area contributed by atoms with E-state index in [1.54, 1.807) is 0 Å². The minimum absolute atomic E-state index is 0.0798. The molecule has 6 nitrogen and oxygen atoms in total. The SMILES string of the molecule is CCCn1nc(C(=O)NCCN2CCN(Cc3ccccc3)CC2)c2ccccc21. The average Bonchev–Trinajstić information content (AvgIpc) is 3.15. The molecule has 1 N–H and O–H groups in total. The molecule has 30 heavy (non-hydrogen) atoms. The highest BCUT2D eigenvalue weighted by molar-refractivity contribution is 6.04. The molecule has 2 aromatic carbocycles. The first-order valence-corrected chi connectivity index (χ1v) is 11.0. The van der Waals surface area contributed by atoms with Crippen molar-refractivity contribution in [1.82, 2.24) is 24.9 Å². The summed E-state index contributed by atoms with van der Waals surface area (Å²) in [4.78, 5) is 17.7. The molecule has 4 rings (SSSR count). The highest BCUT2D eigenvalue weighted by Crippen LogP contribution is 2.18. The molecular formula is C24H31N5O. The fraction of sp³-hybridized carbons (Fsp3) is 0.417. The number of aryl methyl sites for hydroxylation is 1. The summed E-state index contributed by atoms with van der Waals surface area (Å²) in [6, 6.07) is 18.6. The van der Waals surface area contributed by atoms with E-state index in [4.69, 9.17) is 0 Å². The van der Waals surface area contributed by atoms with Crippen LogP contribution in [0.3, 0.4) is 0 Å². The Labute approximate surface area is 178 Å². The van der Waals surface area contributed by atoms with Gasteiger partial charge in [-0.25, -0.2) is 0 Å². The van der Waals surface area contributed by atoms with Crippen molar-refractivity contribution >= 4 is 16.8 Å². The Kier molecular flexibility index (Phi) is 6.77. The van der Waals surface area contributed by atoms with E-state index in [1.807, 2.05) is 28.9 Å². The Morgan fingerprint density at radius 1 is 0.933 bits per heavy atom. The molecule has 1 amide bonds. The average molecular weight is 406 g/mol. The van der Waals surface area contributed by atoms with Crippen LogP contribution in [0.5, 0.6) is 0 Å². The predicted molar refractivity (Wildman–Crippen MR) is 121 cm³/mol. The Bertz CT molecular complexity index is 960. The number of nitrogens with one attached hydrogen (secondary N) is 1. The van der Waals surface area contributed by atoms with Gasteiger partial charge >= 0.3 is 0 Å². The van der Waals surface area contributed by atoms with E-state index in [2.05, 4.69) is 57.5 Å². The molecule has 6 heteroatoms. The first kappa shape index (κ1) is 20.6. The van der Waals surface area contributed by atoms with Gasteiger partial charge in [0.15, 0.2) is 5.69 Å². The maximum atomic E-state index is 12.8. The molecule has 158 valence electrons. The Morgan fingerprint density at radius 2 is 1.63 bits per heavy atom. The van der Waals surface area contributed by atoms with Gasteiger partial charge in [0.1, 0.15) is 0 Å². The van der Waals surface area contributed by atoms with Crippen molar-refractivity contribution in [2.45, 2.75) is 26.4 Å². The summed E-state index contributed by atoms with van der Waals surface area (Å²) in [5.74, 6) is -0.0798. The van der Waals surface area contributed by atoms with Crippen LogP contribution in [0.4, 0.5) is 0 Å². The highest BCUT2D eigenvalue weighted by Gasteiger charge is 2.19. The number of amides is 1. The van der Waals surface area contributed by atoms with Gasteiger partial charge in [-0.2, -0.15) is 5.10 Å². The molecule has 1 aliphatic rings. The van der Waals surface area contributed by atoms with E-state index >= 15 is 0 Å². The third-order valence-electron chi connectivity index (χ3n) is 5.74. The Hall–Kier alpha value is -2.70. The van der Waals surface area contributed by atoms with Crippen molar-refractivity contribution in [3.05, 3.63) is 65.9 Å². The number of rotatable bonds is 8. The predicted octanol–water partition coefficient (Wildman–Crippen LogP) is 2.99. The number of benzene rings is 2. The number of fused-ring (bicyclic) bond motifs is 1. The van der Waals surface area contributed by atoms with Crippen LogP contribution in [0.15, 0.2) is 54.6 Å². The number of hydrogen-bond acceptors (Lipinski definition) is 4. The van der Waals surface area contributed by atoms with Crippen molar-refractivity contribution in [2.75, 3.05) is 39.3 Å². The Balaban J connectivity index is 1.25. The first-order chi connectivity index (χ1) is 14.7. The molecule has 0 radical (unpaired) electrons. The van der Waals surface area contributed by atoms with E-state index in [1.165, 1.54) is 5.56 Å². The van der Waals surface area contributed by atoms with Crippen LogP contribution in [0.1, 0.15) is 29.4 Å². The third-order valence-corrected chi connectivity index (χ3v) is 5.74. The molecular weight excluding hydrogens is 374 g/mol. The molecule has 0 aliphatic carbocycles. The topological polar surface area (TPSA) is 53.4 Å². The van der Waals surface area contributed by atoms with Crippen LogP contribution in [0, 0.1) is 0 Å². The number of carbonyl (C=O) groups excluding carboxylic acids is 1. The van der Waals surface area contributed by atoms with Crippen LogP contribution in [-0.2, 0) is 13.1 Å². The summed E-state index contributed by atoms with van der Waals surface area (Å²) in [6.45, 7) is 9.68. The second-order valence-corrected chi connectivity index (χ2v) is 7.95. The number of piperazine rings is 1. The maximum absolute atomic E-state index is 12.8. The van der Waals surface area contributed by atoms with Gasteiger partial charge in [0.2, 0.25) is 0 Å². The third kappa shape index (κ3) is 4.89. The summed E-state index contributed by atoms with van der Waals surface area (Å²) in [6.07, 6.45) is 0.989. The fourth-order valence-electron chi connectivity index (χ4n) is 4.10. The lowest BCUT2D eigenvalue weighted by Gasteiger charge is -2.34. The lowest BCUT2D eigenvalue weighted by Crippen LogP contribution is -2.48. The van der Waals surface area contributed by atoms with Crippen molar-refractivity contribution in [1.29, 1.82) is 0 Å². The number of nitrogens with zero attached hydrogens (tertiary/aromatic N) is 4. The zero-order valence-corrected chi connectivity index (χ0v) is 17.8. The maximum Gasteiger partial charge on any atom is 0.272 e. The van der Waals surface area contributed by atoms with Gasteiger partial charge in [-0.3, -0.25) is 19.3 Å². The summed E-state index contributed by atoms with van der Waals surface area (Å²) < 4.78 is 1.94. The normalized spacial score (nSPS) is 15.5. The molecule has 0 bridgehead atoms. The zero-order chi connectivity index (χ0) is 20.8. The number of para-hydroxylation sites is 1. The van der Waals surface area contributed by atoms with Crippen molar-refractivity contribution < 1.29 is 4.79 Å². The first-order valence-electron chi connectivity index (χ1n) is 11.0. The minimum atomic E-state index is -0.0798. The van der Waals surface area contributed by atoms with Crippen LogP contribution in [0.2, 0.25) is 0 Å². The summed E-state index contributed by atoms with van der Waals surface area (Å²) in [5.41, 5.74) is 2.93. The van der Waals surface area contributed by atoms with E-state index in [-0.39, 0.29) is 5.91 Å². The van der Waals surface area contributed by atoms with Crippen LogP contribution >= 0.6 is 0 Å². The number of aromatic nitrogens is 2. The molecule has 1 aliphatic heterocycles. The van der Waals surface area contributed by atoms with Gasteiger partial charge < -0.3 is 5.32 Å².